The van der Waals surface area contributed by atoms with Crippen LogP contribution >= 0.6 is 7.60 Å². The number of benzene rings is 1. The van der Waals surface area contributed by atoms with Gasteiger partial charge in [-0.1, -0.05) is 0 Å². The first-order chi connectivity index (χ1) is 12.1. The molecule has 1 heterocycles. The van der Waals surface area contributed by atoms with Crippen LogP contribution in [-0.2, 0) is 15.6 Å². The summed E-state index contributed by atoms with van der Waals surface area (Å²) in [5.74, 6) is 1.72. The van der Waals surface area contributed by atoms with Crippen molar-refractivity contribution in [1.82, 2.24) is 9.55 Å². The van der Waals surface area contributed by atoms with E-state index in [2.05, 4.69) is 16.5 Å². The van der Waals surface area contributed by atoms with Crippen molar-refractivity contribution in [3.63, 3.8) is 0 Å². The van der Waals surface area contributed by atoms with E-state index < -0.39 is 7.60 Å². The summed E-state index contributed by atoms with van der Waals surface area (Å²) >= 11 is 0. The fraction of sp³-hybridized carbons (Fsp3) is 0.611. The summed E-state index contributed by atoms with van der Waals surface area (Å²) in [6.45, 7) is 6.25. The summed E-state index contributed by atoms with van der Waals surface area (Å²) in [5, 5.41) is 0. The van der Waals surface area contributed by atoms with Crippen molar-refractivity contribution in [2.75, 3.05) is 47.1 Å². The van der Waals surface area contributed by atoms with Gasteiger partial charge in [0.05, 0.1) is 44.9 Å². The van der Waals surface area contributed by atoms with Crippen LogP contribution in [0.3, 0.4) is 0 Å². The highest BCUT2D eigenvalue weighted by Gasteiger charge is 2.20. The number of rotatable bonds is 10. The molecule has 1 unspecified atom stereocenters. The van der Waals surface area contributed by atoms with Gasteiger partial charge in [0.2, 0.25) is 0 Å². The van der Waals surface area contributed by atoms with Gasteiger partial charge in [0.25, 0.3) is 0 Å². The van der Waals surface area contributed by atoms with E-state index in [1.165, 1.54) is 0 Å². The smallest absolute Gasteiger partial charge is 0.328 e. The highest BCUT2D eigenvalue weighted by atomic mass is 31.2. The quantitative estimate of drug-likeness (QED) is 0.387. The molecule has 26 heavy (non-hydrogen) atoms. The Kier molecular flexibility index (Phi) is 6.86. The standard InChI is InChI=1S/C18H30N3O4P/c1-6-20-15(2)19-17-9-8-16(14-18(17)20)24-11-7-13-26(22,23)25-12-10-21(3,4)5/h8-9,14H,6-7,10-13H2,1-5H3/p+1. The zero-order valence-corrected chi connectivity index (χ0v) is 17.3. The molecule has 1 aromatic heterocycles. The molecule has 2 aromatic rings. The number of aryl methyl sites for hydroxylation is 2. The number of ether oxygens (including phenoxy) is 1. The predicted octanol–water partition coefficient (Wildman–Crippen LogP) is 3.04. The number of nitrogens with zero attached hydrogens (tertiary/aromatic N) is 3. The molecule has 7 nitrogen and oxygen atoms in total. The monoisotopic (exact) mass is 384 g/mol. The van der Waals surface area contributed by atoms with Crippen molar-refractivity contribution in [3.05, 3.63) is 24.0 Å². The number of imidazole rings is 1. The van der Waals surface area contributed by atoms with Crippen LogP contribution in [0.5, 0.6) is 5.75 Å². The molecule has 0 aliphatic rings. The minimum Gasteiger partial charge on any atom is -0.493 e. The number of quaternary nitrogens is 1. The minimum atomic E-state index is -3.55. The number of hydrogen-bond acceptors (Lipinski definition) is 4. The third-order valence-electron chi connectivity index (χ3n) is 4.14. The zero-order valence-electron chi connectivity index (χ0n) is 16.4. The van der Waals surface area contributed by atoms with Gasteiger partial charge < -0.3 is 23.2 Å². The van der Waals surface area contributed by atoms with Crippen LogP contribution in [0.25, 0.3) is 11.0 Å². The number of likely N-dealkylation sites (N-methyl/N-ethyl adjacent to an activating group) is 1. The Balaban J connectivity index is 1.82. The fourth-order valence-corrected chi connectivity index (χ4v) is 3.71. The Hall–Kier alpha value is -1.40. The Morgan fingerprint density at radius 3 is 2.65 bits per heavy atom. The molecule has 0 saturated heterocycles. The van der Waals surface area contributed by atoms with Crippen molar-refractivity contribution in [3.8, 4) is 5.75 Å². The highest BCUT2D eigenvalue weighted by Crippen LogP contribution is 2.42. The lowest BCUT2D eigenvalue weighted by atomic mass is 10.3. The Bertz CT molecular complexity index is 783. The fourth-order valence-electron chi connectivity index (χ4n) is 2.69. The molecule has 146 valence electrons. The molecule has 1 N–H and O–H groups in total. The maximum atomic E-state index is 12.0. The third kappa shape index (κ3) is 6.09. The van der Waals surface area contributed by atoms with Gasteiger partial charge in [-0.2, -0.15) is 0 Å². The van der Waals surface area contributed by atoms with Crippen LogP contribution in [-0.4, -0.2) is 66.0 Å². The summed E-state index contributed by atoms with van der Waals surface area (Å²) in [7, 11) is 2.50. The van der Waals surface area contributed by atoms with E-state index in [9.17, 15) is 9.46 Å². The molecule has 0 aliphatic heterocycles. The first-order valence-electron chi connectivity index (χ1n) is 8.98. The average molecular weight is 384 g/mol. The Morgan fingerprint density at radius 1 is 1.27 bits per heavy atom. The van der Waals surface area contributed by atoms with Crippen LogP contribution in [0.15, 0.2) is 18.2 Å². The van der Waals surface area contributed by atoms with Crippen LogP contribution < -0.4 is 4.74 Å². The van der Waals surface area contributed by atoms with Gasteiger partial charge >= 0.3 is 7.60 Å². The van der Waals surface area contributed by atoms with Gasteiger partial charge in [-0.15, -0.1) is 0 Å². The topological polar surface area (TPSA) is 73.6 Å². The summed E-state index contributed by atoms with van der Waals surface area (Å²) in [6.07, 6.45) is 0.556. The van der Waals surface area contributed by atoms with E-state index in [1.807, 2.05) is 46.3 Å². The molecule has 0 saturated carbocycles. The van der Waals surface area contributed by atoms with E-state index >= 15 is 0 Å². The second-order valence-electron chi connectivity index (χ2n) is 7.46. The summed E-state index contributed by atoms with van der Waals surface area (Å²) in [5.41, 5.74) is 1.99. The van der Waals surface area contributed by atoms with Gasteiger partial charge in [0, 0.05) is 12.6 Å². The lowest BCUT2D eigenvalue weighted by molar-refractivity contribution is -0.870. The molecule has 0 radical (unpaired) electrons. The highest BCUT2D eigenvalue weighted by molar-refractivity contribution is 7.52. The Labute approximate surface area is 155 Å². The largest absolute Gasteiger partial charge is 0.493 e. The molecule has 1 atom stereocenters. The SMILES string of the molecule is CCn1c(C)nc2ccc(OCCCP(=O)(O)OCC[N+](C)(C)C)cc21. The molecular formula is C18H31N3O4P+. The van der Waals surface area contributed by atoms with E-state index in [0.29, 0.717) is 24.1 Å². The maximum absolute atomic E-state index is 12.0. The average Bonchev–Trinajstić information content (AvgIpc) is 2.84. The van der Waals surface area contributed by atoms with Crippen molar-refractivity contribution < 1.29 is 23.2 Å². The van der Waals surface area contributed by atoms with E-state index in [4.69, 9.17) is 9.26 Å². The van der Waals surface area contributed by atoms with Crippen LogP contribution in [0.4, 0.5) is 0 Å². The minimum absolute atomic E-state index is 0.0956. The van der Waals surface area contributed by atoms with Gasteiger partial charge in [-0.05, 0) is 32.4 Å². The number of fused-ring (bicyclic) bond motifs is 1. The molecule has 0 fully saturated rings. The van der Waals surface area contributed by atoms with Gasteiger partial charge in [0.1, 0.15) is 24.7 Å². The molecule has 0 aliphatic carbocycles. The van der Waals surface area contributed by atoms with Crippen molar-refractivity contribution in [2.24, 2.45) is 0 Å². The molecular weight excluding hydrogens is 353 g/mol. The molecule has 0 bridgehead atoms. The third-order valence-corrected chi connectivity index (χ3v) is 5.60. The van der Waals surface area contributed by atoms with Crippen LogP contribution in [0, 0.1) is 6.92 Å². The molecule has 0 spiro atoms. The molecule has 2 rings (SSSR count). The summed E-state index contributed by atoms with van der Waals surface area (Å²) in [6, 6.07) is 5.79. The normalized spacial score (nSPS) is 14.5. The van der Waals surface area contributed by atoms with Crippen LogP contribution in [0.1, 0.15) is 19.2 Å². The lowest BCUT2D eigenvalue weighted by Gasteiger charge is -2.24. The molecule has 0 amide bonds. The number of hydrogen-bond donors (Lipinski definition) is 1. The predicted molar refractivity (Wildman–Crippen MR) is 104 cm³/mol. The summed E-state index contributed by atoms with van der Waals surface area (Å²) in [4.78, 5) is 14.4. The first kappa shape index (κ1) is 20.9. The van der Waals surface area contributed by atoms with Gasteiger partial charge in [0.15, 0.2) is 0 Å². The van der Waals surface area contributed by atoms with E-state index in [-0.39, 0.29) is 12.8 Å². The van der Waals surface area contributed by atoms with E-state index in [1.54, 1.807) is 0 Å². The maximum Gasteiger partial charge on any atom is 0.328 e. The van der Waals surface area contributed by atoms with Crippen molar-refractivity contribution in [2.45, 2.75) is 26.8 Å². The van der Waals surface area contributed by atoms with Crippen LogP contribution in [0.2, 0.25) is 0 Å². The van der Waals surface area contributed by atoms with Crippen molar-refractivity contribution in [1.29, 1.82) is 0 Å². The van der Waals surface area contributed by atoms with Gasteiger partial charge in [-0.3, -0.25) is 4.57 Å². The first-order valence-corrected chi connectivity index (χ1v) is 10.7. The lowest BCUT2D eigenvalue weighted by Crippen LogP contribution is -2.37. The zero-order chi connectivity index (χ0) is 19.4. The van der Waals surface area contributed by atoms with Gasteiger partial charge in [-0.25, -0.2) is 4.98 Å². The Morgan fingerprint density at radius 2 is 2.00 bits per heavy atom. The second-order valence-corrected chi connectivity index (χ2v) is 9.44. The van der Waals surface area contributed by atoms with E-state index in [0.717, 1.165) is 29.2 Å². The number of aromatic nitrogens is 2. The molecule has 1 aromatic carbocycles. The van der Waals surface area contributed by atoms with Crippen molar-refractivity contribution >= 4 is 18.6 Å². The second kappa shape index (κ2) is 8.53. The molecule has 8 heteroatoms. The summed E-state index contributed by atoms with van der Waals surface area (Å²) < 4.78 is 25.8.